The lowest BCUT2D eigenvalue weighted by Crippen LogP contribution is -2.05. The monoisotopic (exact) mass is 241 g/mol. The highest BCUT2D eigenvalue weighted by Gasteiger charge is 2.05. The highest BCUT2D eigenvalue weighted by Crippen LogP contribution is 2.22. The van der Waals surface area contributed by atoms with E-state index in [1.165, 1.54) is 12.1 Å². The summed E-state index contributed by atoms with van der Waals surface area (Å²) >= 11 is 0. The van der Waals surface area contributed by atoms with E-state index in [0.717, 1.165) is 0 Å². The van der Waals surface area contributed by atoms with Crippen LogP contribution in [0.2, 0.25) is 0 Å². The molecule has 0 fully saturated rings. The van der Waals surface area contributed by atoms with E-state index >= 15 is 0 Å². The molecule has 0 aliphatic heterocycles. The zero-order valence-corrected chi connectivity index (χ0v) is 9.22. The van der Waals surface area contributed by atoms with Crippen molar-refractivity contribution < 1.29 is 4.39 Å². The van der Waals surface area contributed by atoms with Crippen LogP contribution in [-0.2, 0) is 0 Å². The molecule has 88 valence electrons. The third kappa shape index (κ3) is 1.75. The van der Waals surface area contributed by atoms with Gasteiger partial charge in [0.25, 0.3) is 5.56 Å². The van der Waals surface area contributed by atoms with Gasteiger partial charge in [0.1, 0.15) is 5.82 Å². The second-order valence-electron chi connectivity index (χ2n) is 3.84. The van der Waals surface area contributed by atoms with E-state index in [-0.39, 0.29) is 11.4 Å². The van der Waals surface area contributed by atoms with Crippen molar-refractivity contribution in [2.75, 3.05) is 0 Å². The summed E-state index contributed by atoms with van der Waals surface area (Å²) in [7, 11) is 0. The average Bonchev–Trinajstić information content (AvgIpc) is 2.40. The smallest absolute Gasteiger partial charge is 0.264 e. The van der Waals surface area contributed by atoms with Gasteiger partial charge in [-0.3, -0.25) is 9.78 Å². The number of nitrogens with zero attached hydrogens (tertiary/aromatic N) is 2. The summed E-state index contributed by atoms with van der Waals surface area (Å²) < 4.78 is 13.6. The van der Waals surface area contributed by atoms with Gasteiger partial charge in [-0.1, -0.05) is 6.07 Å². The number of hydrogen-bond donors (Lipinski definition) is 1. The van der Waals surface area contributed by atoms with Crippen molar-refractivity contribution in [3.8, 4) is 11.3 Å². The van der Waals surface area contributed by atoms with Gasteiger partial charge in [0.05, 0.1) is 11.2 Å². The number of rotatable bonds is 1. The van der Waals surface area contributed by atoms with Gasteiger partial charge in [-0.15, -0.1) is 0 Å². The van der Waals surface area contributed by atoms with Crippen LogP contribution in [0, 0.1) is 5.82 Å². The van der Waals surface area contributed by atoms with E-state index in [0.29, 0.717) is 22.2 Å². The van der Waals surface area contributed by atoms with E-state index in [4.69, 9.17) is 0 Å². The maximum Gasteiger partial charge on any atom is 0.264 e. The molecule has 18 heavy (non-hydrogen) atoms. The van der Waals surface area contributed by atoms with Gasteiger partial charge >= 0.3 is 0 Å². The van der Waals surface area contributed by atoms with Crippen LogP contribution >= 0.6 is 0 Å². The quantitative estimate of drug-likeness (QED) is 0.710. The fraction of sp³-hybridized carbons (Fsp3) is 0. The number of nitrogens with one attached hydrogen (secondary N) is 1. The first-order chi connectivity index (χ1) is 8.74. The summed E-state index contributed by atoms with van der Waals surface area (Å²) in [6.07, 6.45) is 1.60. The summed E-state index contributed by atoms with van der Waals surface area (Å²) in [6.45, 7) is 0. The molecule has 3 aromatic rings. The number of H-pyrrole nitrogens is 1. The number of pyridine rings is 1. The summed E-state index contributed by atoms with van der Waals surface area (Å²) in [5, 5.41) is 6.65. The van der Waals surface area contributed by atoms with Gasteiger partial charge in [-0.05, 0) is 24.3 Å². The van der Waals surface area contributed by atoms with Gasteiger partial charge in [0.15, 0.2) is 0 Å². The molecule has 2 aromatic heterocycles. The molecule has 0 amide bonds. The minimum Gasteiger partial charge on any atom is -0.268 e. The standard InChI is InChI=1S/C13H8FN3O/c14-10-2-1-3-12-9(10)6-8(7-15-12)11-4-5-13(18)17-16-11/h1-7H,(H,17,18). The van der Waals surface area contributed by atoms with Gasteiger partial charge in [0, 0.05) is 23.2 Å². The number of fused-ring (bicyclic) bond motifs is 1. The minimum atomic E-state index is -0.328. The number of benzene rings is 1. The molecule has 5 heteroatoms. The van der Waals surface area contributed by atoms with Gasteiger partial charge in [0.2, 0.25) is 0 Å². The fourth-order valence-corrected chi connectivity index (χ4v) is 1.76. The van der Waals surface area contributed by atoms with Gasteiger partial charge < -0.3 is 0 Å². The Hall–Kier alpha value is -2.56. The number of halogens is 1. The molecule has 3 rings (SSSR count). The van der Waals surface area contributed by atoms with Crippen LogP contribution in [0.4, 0.5) is 4.39 Å². The zero-order chi connectivity index (χ0) is 12.5. The highest BCUT2D eigenvalue weighted by atomic mass is 19.1. The van der Waals surface area contributed by atoms with Crippen molar-refractivity contribution in [3.63, 3.8) is 0 Å². The van der Waals surface area contributed by atoms with Crippen molar-refractivity contribution in [1.82, 2.24) is 15.2 Å². The first kappa shape index (κ1) is 10.6. The molecule has 0 bridgehead atoms. The van der Waals surface area contributed by atoms with Gasteiger partial charge in [-0.25, -0.2) is 9.49 Å². The summed E-state index contributed by atoms with van der Waals surface area (Å²) in [5.41, 5.74) is 1.51. The number of aromatic amines is 1. The Kier molecular flexibility index (Phi) is 2.37. The molecule has 2 heterocycles. The molecule has 0 unspecified atom stereocenters. The van der Waals surface area contributed by atoms with Crippen LogP contribution in [0.3, 0.4) is 0 Å². The molecule has 0 aliphatic rings. The highest BCUT2D eigenvalue weighted by molar-refractivity contribution is 5.83. The van der Waals surface area contributed by atoms with E-state index in [9.17, 15) is 9.18 Å². The first-order valence-corrected chi connectivity index (χ1v) is 5.34. The summed E-state index contributed by atoms with van der Waals surface area (Å²) in [4.78, 5) is 15.1. The zero-order valence-electron chi connectivity index (χ0n) is 9.22. The third-order valence-electron chi connectivity index (χ3n) is 2.65. The van der Waals surface area contributed by atoms with Crippen molar-refractivity contribution in [1.29, 1.82) is 0 Å². The third-order valence-corrected chi connectivity index (χ3v) is 2.65. The van der Waals surface area contributed by atoms with Crippen molar-refractivity contribution in [2.45, 2.75) is 0 Å². The maximum atomic E-state index is 13.6. The Morgan fingerprint density at radius 1 is 1.17 bits per heavy atom. The van der Waals surface area contributed by atoms with E-state index in [1.54, 1.807) is 30.5 Å². The van der Waals surface area contributed by atoms with Crippen LogP contribution in [0.25, 0.3) is 22.2 Å². The number of hydrogen-bond acceptors (Lipinski definition) is 3. The van der Waals surface area contributed by atoms with Gasteiger partial charge in [-0.2, -0.15) is 5.10 Å². The van der Waals surface area contributed by atoms with Crippen molar-refractivity contribution >= 4 is 10.9 Å². The fourth-order valence-electron chi connectivity index (χ4n) is 1.76. The lowest BCUT2D eigenvalue weighted by atomic mass is 10.1. The maximum absolute atomic E-state index is 13.6. The van der Waals surface area contributed by atoms with Crippen LogP contribution in [0.15, 0.2) is 47.4 Å². The molecule has 0 saturated carbocycles. The molecule has 1 N–H and O–H groups in total. The second-order valence-corrected chi connectivity index (χ2v) is 3.84. The summed E-state index contributed by atoms with van der Waals surface area (Å²) in [6, 6.07) is 9.34. The number of aromatic nitrogens is 3. The molecular weight excluding hydrogens is 233 g/mol. The Morgan fingerprint density at radius 3 is 2.83 bits per heavy atom. The molecule has 0 atom stereocenters. The predicted molar refractivity (Wildman–Crippen MR) is 65.6 cm³/mol. The molecule has 0 radical (unpaired) electrons. The lowest BCUT2D eigenvalue weighted by Gasteiger charge is -2.02. The van der Waals surface area contributed by atoms with E-state index < -0.39 is 0 Å². The second kappa shape index (κ2) is 4.03. The van der Waals surface area contributed by atoms with E-state index in [2.05, 4.69) is 15.2 Å². The van der Waals surface area contributed by atoms with E-state index in [1.807, 2.05) is 0 Å². The minimum absolute atomic E-state index is 0.279. The molecule has 4 nitrogen and oxygen atoms in total. The Morgan fingerprint density at radius 2 is 2.06 bits per heavy atom. The predicted octanol–water partition coefficient (Wildman–Crippen LogP) is 2.12. The Bertz CT molecular complexity index is 762. The average molecular weight is 241 g/mol. The molecular formula is C13H8FN3O. The molecule has 1 aromatic carbocycles. The Balaban J connectivity index is 2.21. The molecule has 0 aliphatic carbocycles. The van der Waals surface area contributed by atoms with Crippen molar-refractivity contribution in [2.24, 2.45) is 0 Å². The van der Waals surface area contributed by atoms with Crippen LogP contribution in [-0.4, -0.2) is 15.2 Å². The molecule has 0 saturated heterocycles. The van der Waals surface area contributed by atoms with Crippen LogP contribution in [0.5, 0.6) is 0 Å². The largest absolute Gasteiger partial charge is 0.268 e. The first-order valence-electron chi connectivity index (χ1n) is 5.34. The summed E-state index contributed by atoms with van der Waals surface area (Å²) in [5.74, 6) is -0.328. The molecule has 0 spiro atoms. The lowest BCUT2D eigenvalue weighted by molar-refractivity contribution is 0.639. The van der Waals surface area contributed by atoms with Crippen molar-refractivity contribution in [3.05, 3.63) is 58.8 Å². The SMILES string of the molecule is O=c1ccc(-c2cnc3cccc(F)c3c2)n[nH]1. The normalized spacial score (nSPS) is 10.7. The topological polar surface area (TPSA) is 58.6 Å². The Labute approximate surface area is 101 Å². The van der Waals surface area contributed by atoms with Crippen LogP contribution < -0.4 is 5.56 Å². The van der Waals surface area contributed by atoms with Crippen LogP contribution in [0.1, 0.15) is 0 Å².